The first kappa shape index (κ1) is 18.2. The number of hydrogen-bond acceptors (Lipinski definition) is 3. The van der Waals surface area contributed by atoms with E-state index in [4.69, 9.17) is 28.6 Å². The highest BCUT2D eigenvalue weighted by Gasteiger charge is 2.10. The first-order valence-electron chi connectivity index (χ1n) is 7.43. The van der Waals surface area contributed by atoms with Gasteiger partial charge in [-0.2, -0.15) is 0 Å². The largest absolute Gasteiger partial charge is 0.482 e. The summed E-state index contributed by atoms with van der Waals surface area (Å²) in [6, 6.07) is 11.1. The zero-order valence-corrected chi connectivity index (χ0v) is 15.3. The van der Waals surface area contributed by atoms with E-state index in [9.17, 15) is 4.79 Å². The van der Waals surface area contributed by atoms with Gasteiger partial charge in [0.25, 0.3) is 5.91 Å². The van der Waals surface area contributed by atoms with Gasteiger partial charge in [-0.25, -0.2) is 0 Å². The highest BCUT2D eigenvalue weighted by molar-refractivity contribution is 7.80. The van der Waals surface area contributed by atoms with Gasteiger partial charge in [0.1, 0.15) is 5.75 Å². The molecule has 0 spiro atoms. The van der Waals surface area contributed by atoms with Crippen LogP contribution in [0.1, 0.15) is 16.7 Å². The summed E-state index contributed by atoms with van der Waals surface area (Å²) in [7, 11) is 0. The van der Waals surface area contributed by atoms with E-state index in [0.29, 0.717) is 10.8 Å². The van der Waals surface area contributed by atoms with Crippen LogP contribution in [0.3, 0.4) is 0 Å². The molecule has 0 heterocycles. The maximum atomic E-state index is 11.9. The number of amides is 1. The second kappa shape index (κ2) is 8.13. The Bertz CT molecular complexity index is 754. The highest BCUT2D eigenvalue weighted by Crippen LogP contribution is 2.23. The Labute approximate surface area is 152 Å². The maximum absolute atomic E-state index is 11.9. The molecule has 0 saturated heterocycles. The number of ether oxygens (including phenoxy) is 1. The molecule has 0 aliphatic rings. The number of carbonyl (C=O) groups excluding carboxylic acids is 1. The molecule has 24 heavy (non-hydrogen) atoms. The number of thiocarbonyl (C=S) groups is 1. The maximum Gasteiger partial charge on any atom is 0.264 e. The smallest absolute Gasteiger partial charge is 0.264 e. The quantitative estimate of drug-likeness (QED) is 0.802. The summed E-state index contributed by atoms with van der Waals surface area (Å²) in [5, 5.41) is 6.35. The molecule has 0 radical (unpaired) electrons. The number of halogens is 1. The van der Waals surface area contributed by atoms with Gasteiger partial charge in [-0.15, -0.1) is 0 Å². The van der Waals surface area contributed by atoms with Crippen molar-refractivity contribution in [3.63, 3.8) is 0 Å². The molecule has 0 aromatic heterocycles. The molecule has 0 unspecified atom stereocenters. The minimum Gasteiger partial charge on any atom is -0.482 e. The standard InChI is InChI=1S/C18H19ClN2O2S/c1-11-8-12(2)17(13(3)9-11)21-18(24)20-16(22)10-23-15-7-5-4-6-14(15)19/h4-9H,10H2,1-3H3,(H2,20,21,22,24). The number of hydrogen-bond donors (Lipinski definition) is 2. The molecule has 0 bridgehead atoms. The van der Waals surface area contributed by atoms with E-state index in [0.717, 1.165) is 16.8 Å². The molecule has 126 valence electrons. The van der Waals surface area contributed by atoms with Crippen molar-refractivity contribution >= 4 is 40.5 Å². The summed E-state index contributed by atoms with van der Waals surface area (Å²) in [4.78, 5) is 11.9. The fourth-order valence-electron chi connectivity index (χ4n) is 2.39. The Morgan fingerprint density at radius 1 is 1.17 bits per heavy atom. The number of aryl methyl sites for hydroxylation is 3. The molecular weight excluding hydrogens is 344 g/mol. The van der Waals surface area contributed by atoms with Crippen LogP contribution in [0, 0.1) is 20.8 Å². The van der Waals surface area contributed by atoms with Crippen molar-refractivity contribution in [1.82, 2.24) is 5.32 Å². The van der Waals surface area contributed by atoms with Gasteiger partial charge in [-0.05, 0) is 56.2 Å². The predicted molar refractivity (Wildman–Crippen MR) is 102 cm³/mol. The first-order valence-corrected chi connectivity index (χ1v) is 8.21. The second-order valence-electron chi connectivity index (χ2n) is 5.50. The predicted octanol–water partition coefficient (Wildman–Crippen LogP) is 4.16. The van der Waals surface area contributed by atoms with Crippen molar-refractivity contribution in [2.45, 2.75) is 20.8 Å². The average molecular weight is 363 g/mol. The van der Waals surface area contributed by atoms with Crippen molar-refractivity contribution in [3.05, 3.63) is 58.1 Å². The van der Waals surface area contributed by atoms with Crippen molar-refractivity contribution in [2.75, 3.05) is 11.9 Å². The molecule has 0 aliphatic carbocycles. The number of rotatable bonds is 4. The van der Waals surface area contributed by atoms with Crippen LogP contribution in [0.4, 0.5) is 5.69 Å². The van der Waals surface area contributed by atoms with E-state index in [1.807, 2.05) is 20.8 Å². The first-order chi connectivity index (χ1) is 11.4. The van der Waals surface area contributed by atoms with Gasteiger partial charge >= 0.3 is 0 Å². The summed E-state index contributed by atoms with van der Waals surface area (Å²) in [5.74, 6) is 0.105. The van der Waals surface area contributed by atoms with Gasteiger partial charge < -0.3 is 10.1 Å². The molecule has 4 nitrogen and oxygen atoms in total. The number of carbonyl (C=O) groups is 1. The normalized spacial score (nSPS) is 10.2. The zero-order chi connectivity index (χ0) is 17.7. The van der Waals surface area contributed by atoms with Crippen molar-refractivity contribution in [2.24, 2.45) is 0 Å². The highest BCUT2D eigenvalue weighted by atomic mass is 35.5. The van der Waals surface area contributed by atoms with Crippen LogP contribution in [0.25, 0.3) is 0 Å². The third-order valence-electron chi connectivity index (χ3n) is 3.36. The van der Waals surface area contributed by atoms with E-state index >= 15 is 0 Å². The van der Waals surface area contributed by atoms with Crippen LogP contribution in [0.2, 0.25) is 5.02 Å². The lowest BCUT2D eigenvalue weighted by Gasteiger charge is -2.15. The Kier molecular flexibility index (Phi) is 6.17. The molecule has 2 aromatic carbocycles. The van der Waals surface area contributed by atoms with Crippen LogP contribution < -0.4 is 15.4 Å². The molecule has 0 saturated carbocycles. The fourth-order valence-corrected chi connectivity index (χ4v) is 2.80. The van der Waals surface area contributed by atoms with E-state index < -0.39 is 0 Å². The van der Waals surface area contributed by atoms with Gasteiger partial charge in [0, 0.05) is 5.69 Å². The summed E-state index contributed by atoms with van der Waals surface area (Å²) < 4.78 is 5.38. The van der Waals surface area contributed by atoms with Crippen LogP contribution in [-0.2, 0) is 4.79 Å². The average Bonchev–Trinajstić information content (AvgIpc) is 2.50. The van der Waals surface area contributed by atoms with E-state index in [1.165, 1.54) is 5.56 Å². The zero-order valence-electron chi connectivity index (χ0n) is 13.8. The van der Waals surface area contributed by atoms with E-state index in [2.05, 4.69) is 22.8 Å². The molecule has 2 aromatic rings. The monoisotopic (exact) mass is 362 g/mol. The Morgan fingerprint density at radius 3 is 2.42 bits per heavy atom. The molecule has 6 heteroatoms. The third-order valence-corrected chi connectivity index (χ3v) is 3.88. The van der Waals surface area contributed by atoms with Gasteiger partial charge in [0.2, 0.25) is 0 Å². The van der Waals surface area contributed by atoms with Crippen molar-refractivity contribution < 1.29 is 9.53 Å². The molecule has 0 aliphatic heterocycles. The van der Waals surface area contributed by atoms with Gasteiger partial charge in [0.05, 0.1) is 5.02 Å². The minimum absolute atomic E-state index is 0.169. The molecule has 1 amide bonds. The fraction of sp³-hybridized carbons (Fsp3) is 0.222. The lowest BCUT2D eigenvalue weighted by Crippen LogP contribution is -2.37. The molecule has 2 N–H and O–H groups in total. The topological polar surface area (TPSA) is 50.4 Å². The number of nitrogens with one attached hydrogen (secondary N) is 2. The Morgan fingerprint density at radius 2 is 1.79 bits per heavy atom. The second-order valence-corrected chi connectivity index (χ2v) is 6.31. The number of benzene rings is 2. The van der Waals surface area contributed by atoms with Crippen LogP contribution in [0.5, 0.6) is 5.75 Å². The number of anilines is 1. The summed E-state index contributed by atoms with van der Waals surface area (Å²) >= 11 is 11.2. The van der Waals surface area contributed by atoms with Gasteiger partial charge in [0.15, 0.2) is 11.7 Å². The SMILES string of the molecule is Cc1cc(C)c(NC(=S)NC(=O)COc2ccccc2Cl)c(C)c1. The molecule has 2 rings (SSSR count). The van der Waals surface area contributed by atoms with Crippen molar-refractivity contribution in [1.29, 1.82) is 0 Å². The minimum atomic E-state index is -0.352. The van der Waals surface area contributed by atoms with Crippen molar-refractivity contribution in [3.8, 4) is 5.75 Å². The van der Waals surface area contributed by atoms with E-state index in [-0.39, 0.29) is 17.6 Å². The lowest BCUT2D eigenvalue weighted by molar-refractivity contribution is -0.121. The Balaban J connectivity index is 1.91. The summed E-state index contributed by atoms with van der Waals surface area (Å²) in [5.41, 5.74) is 4.21. The van der Waals surface area contributed by atoms with Crippen LogP contribution in [0.15, 0.2) is 36.4 Å². The number of para-hydroxylation sites is 1. The van der Waals surface area contributed by atoms with Gasteiger partial charge in [-0.1, -0.05) is 41.4 Å². The van der Waals surface area contributed by atoms with E-state index in [1.54, 1.807) is 24.3 Å². The summed E-state index contributed by atoms with van der Waals surface area (Å²) in [6.07, 6.45) is 0. The molecular formula is C18H19ClN2O2S. The van der Waals surface area contributed by atoms with Crippen LogP contribution >= 0.6 is 23.8 Å². The Hall–Kier alpha value is -2.11. The summed E-state index contributed by atoms with van der Waals surface area (Å²) in [6.45, 7) is 5.86. The molecule has 0 fully saturated rings. The third kappa shape index (κ3) is 4.94. The van der Waals surface area contributed by atoms with Crippen LogP contribution in [-0.4, -0.2) is 17.6 Å². The van der Waals surface area contributed by atoms with Gasteiger partial charge in [-0.3, -0.25) is 10.1 Å². The lowest BCUT2D eigenvalue weighted by atomic mass is 10.1. The molecule has 0 atom stereocenters.